The first-order chi connectivity index (χ1) is 9.67. The smallest absolute Gasteiger partial charge is 0.251 e. The molecule has 5 nitrogen and oxygen atoms in total. The van der Waals surface area contributed by atoms with Crippen molar-refractivity contribution in [3.8, 4) is 29.1 Å². The van der Waals surface area contributed by atoms with E-state index in [1.807, 2.05) is 0 Å². The Kier molecular flexibility index (Phi) is 6.24. The summed E-state index contributed by atoms with van der Waals surface area (Å²) in [4.78, 5) is 12.0. The van der Waals surface area contributed by atoms with E-state index in [1.54, 1.807) is 19.1 Å². The normalized spacial score (nSPS) is 9.20. The first-order valence-electron chi connectivity index (χ1n) is 6.15. The van der Waals surface area contributed by atoms with Gasteiger partial charge in [-0.15, -0.1) is 11.8 Å². The average molecular weight is 277 g/mol. The van der Waals surface area contributed by atoms with E-state index >= 15 is 0 Å². The average Bonchev–Trinajstić information content (AvgIpc) is 2.49. The molecule has 0 radical (unpaired) electrons. The molecule has 0 aromatic heterocycles. The summed E-state index contributed by atoms with van der Waals surface area (Å²) in [5.41, 5.74) is 0.448. The highest BCUT2D eigenvalue weighted by molar-refractivity contribution is 5.95. The Balaban J connectivity index is 2.93. The summed E-state index contributed by atoms with van der Waals surface area (Å²) in [6.07, 6.45) is 0.618. The van der Waals surface area contributed by atoms with Gasteiger partial charge in [-0.2, -0.15) is 0 Å². The maximum Gasteiger partial charge on any atom is 0.251 e. The molecule has 0 aliphatic heterocycles. The predicted octanol–water partition coefficient (Wildman–Crippen LogP) is 1.86. The molecule has 108 valence electrons. The maximum atomic E-state index is 12.0. The van der Waals surface area contributed by atoms with Crippen LogP contribution in [-0.4, -0.2) is 33.8 Å². The van der Waals surface area contributed by atoms with Gasteiger partial charge in [-0.1, -0.05) is 0 Å². The second-order valence-electron chi connectivity index (χ2n) is 3.85. The molecule has 1 amide bonds. The third-order valence-corrected chi connectivity index (χ3v) is 2.64. The Labute approximate surface area is 119 Å². The minimum atomic E-state index is -0.206. The minimum Gasteiger partial charge on any atom is -0.493 e. The van der Waals surface area contributed by atoms with Crippen LogP contribution in [0.5, 0.6) is 17.2 Å². The second-order valence-corrected chi connectivity index (χ2v) is 3.85. The molecule has 1 aromatic rings. The number of methoxy groups -OCH3 is 3. The van der Waals surface area contributed by atoms with Gasteiger partial charge in [-0.3, -0.25) is 4.79 Å². The van der Waals surface area contributed by atoms with Gasteiger partial charge in [0.05, 0.1) is 21.3 Å². The fourth-order valence-electron chi connectivity index (χ4n) is 1.68. The highest BCUT2D eigenvalue weighted by Gasteiger charge is 2.16. The molecule has 0 spiro atoms. The Morgan fingerprint density at radius 1 is 1.15 bits per heavy atom. The molecule has 1 aromatic carbocycles. The Morgan fingerprint density at radius 2 is 1.75 bits per heavy atom. The molecule has 1 rings (SSSR count). The summed E-state index contributed by atoms with van der Waals surface area (Å²) in [6.45, 7) is 2.26. The largest absolute Gasteiger partial charge is 0.493 e. The monoisotopic (exact) mass is 277 g/mol. The number of nitrogens with one attached hydrogen (secondary N) is 1. The molecular weight excluding hydrogens is 258 g/mol. The number of benzene rings is 1. The van der Waals surface area contributed by atoms with Crippen molar-refractivity contribution in [2.24, 2.45) is 0 Å². The molecule has 1 N–H and O–H groups in total. The van der Waals surface area contributed by atoms with Crippen LogP contribution in [-0.2, 0) is 0 Å². The van der Waals surface area contributed by atoms with Crippen LogP contribution in [0.15, 0.2) is 12.1 Å². The van der Waals surface area contributed by atoms with Gasteiger partial charge in [0.25, 0.3) is 5.91 Å². The summed E-state index contributed by atoms with van der Waals surface area (Å²) in [6, 6.07) is 3.23. The molecule has 5 heteroatoms. The van der Waals surface area contributed by atoms with Gasteiger partial charge < -0.3 is 19.5 Å². The van der Waals surface area contributed by atoms with Crippen molar-refractivity contribution >= 4 is 5.91 Å². The lowest BCUT2D eigenvalue weighted by Crippen LogP contribution is -2.24. The molecule has 0 aliphatic rings. The summed E-state index contributed by atoms with van der Waals surface area (Å²) in [7, 11) is 4.54. The van der Waals surface area contributed by atoms with Gasteiger partial charge in [0.2, 0.25) is 5.75 Å². The molecule has 0 fully saturated rings. The number of carbonyl (C=O) groups excluding carboxylic acids is 1. The SMILES string of the molecule is CC#CCCNC(=O)c1cc(OC)c(OC)c(OC)c1. The van der Waals surface area contributed by atoms with Gasteiger partial charge in [0, 0.05) is 18.5 Å². The fraction of sp³-hybridized carbons (Fsp3) is 0.400. The number of rotatable bonds is 6. The van der Waals surface area contributed by atoms with Crippen LogP contribution in [0.1, 0.15) is 23.7 Å². The zero-order valence-electron chi connectivity index (χ0n) is 12.2. The predicted molar refractivity (Wildman–Crippen MR) is 76.5 cm³/mol. The number of amides is 1. The summed E-state index contributed by atoms with van der Waals surface area (Å²) < 4.78 is 15.6. The Morgan fingerprint density at radius 3 is 2.20 bits per heavy atom. The lowest BCUT2D eigenvalue weighted by atomic mass is 10.1. The standard InChI is InChI=1S/C15H19NO4/c1-5-6-7-8-16-15(17)11-9-12(18-2)14(20-4)13(10-11)19-3/h9-10H,7-8H2,1-4H3,(H,16,17). The van der Waals surface area contributed by atoms with Crippen molar-refractivity contribution in [1.82, 2.24) is 5.32 Å². The molecule has 0 heterocycles. The zero-order chi connectivity index (χ0) is 15.0. The van der Waals surface area contributed by atoms with Crippen LogP contribution in [0.2, 0.25) is 0 Å². The van der Waals surface area contributed by atoms with E-state index in [1.165, 1.54) is 21.3 Å². The molecule has 0 saturated heterocycles. The number of carbonyl (C=O) groups is 1. The summed E-state index contributed by atoms with van der Waals surface area (Å²) >= 11 is 0. The van der Waals surface area contributed by atoms with Crippen molar-refractivity contribution in [1.29, 1.82) is 0 Å². The van der Waals surface area contributed by atoms with Crippen LogP contribution in [0.3, 0.4) is 0 Å². The molecule has 0 bridgehead atoms. The molecular formula is C15H19NO4. The van der Waals surface area contributed by atoms with E-state index in [2.05, 4.69) is 17.2 Å². The lowest BCUT2D eigenvalue weighted by Gasteiger charge is -2.13. The first-order valence-corrected chi connectivity index (χ1v) is 6.15. The quantitative estimate of drug-likeness (QED) is 0.637. The van der Waals surface area contributed by atoms with E-state index in [0.29, 0.717) is 35.8 Å². The van der Waals surface area contributed by atoms with Crippen molar-refractivity contribution in [3.63, 3.8) is 0 Å². The van der Waals surface area contributed by atoms with Gasteiger partial charge in [-0.05, 0) is 19.1 Å². The lowest BCUT2D eigenvalue weighted by molar-refractivity contribution is 0.0953. The van der Waals surface area contributed by atoms with Crippen LogP contribution in [0.25, 0.3) is 0 Å². The Hall–Kier alpha value is -2.35. The first kappa shape index (κ1) is 15.7. The number of ether oxygens (including phenoxy) is 3. The van der Waals surface area contributed by atoms with Crippen molar-refractivity contribution in [3.05, 3.63) is 17.7 Å². The third-order valence-electron chi connectivity index (χ3n) is 2.64. The van der Waals surface area contributed by atoms with E-state index in [0.717, 1.165) is 0 Å². The van der Waals surface area contributed by atoms with Crippen LogP contribution in [0.4, 0.5) is 0 Å². The van der Waals surface area contributed by atoms with Gasteiger partial charge in [0.15, 0.2) is 11.5 Å². The maximum absolute atomic E-state index is 12.0. The van der Waals surface area contributed by atoms with Crippen molar-refractivity contribution < 1.29 is 19.0 Å². The molecule has 0 aliphatic carbocycles. The van der Waals surface area contributed by atoms with Crippen molar-refractivity contribution in [2.45, 2.75) is 13.3 Å². The van der Waals surface area contributed by atoms with Crippen LogP contribution < -0.4 is 19.5 Å². The van der Waals surface area contributed by atoms with Gasteiger partial charge in [0.1, 0.15) is 0 Å². The third kappa shape index (κ3) is 3.82. The second kappa shape index (κ2) is 7.95. The van der Waals surface area contributed by atoms with E-state index in [4.69, 9.17) is 14.2 Å². The zero-order valence-corrected chi connectivity index (χ0v) is 12.2. The summed E-state index contributed by atoms with van der Waals surface area (Å²) in [5, 5.41) is 2.78. The van der Waals surface area contributed by atoms with E-state index in [9.17, 15) is 4.79 Å². The number of hydrogen-bond donors (Lipinski definition) is 1. The van der Waals surface area contributed by atoms with Crippen LogP contribution in [0, 0.1) is 11.8 Å². The van der Waals surface area contributed by atoms with Gasteiger partial charge in [-0.25, -0.2) is 0 Å². The topological polar surface area (TPSA) is 56.8 Å². The molecule has 20 heavy (non-hydrogen) atoms. The van der Waals surface area contributed by atoms with E-state index < -0.39 is 0 Å². The highest BCUT2D eigenvalue weighted by atomic mass is 16.5. The van der Waals surface area contributed by atoms with E-state index in [-0.39, 0.29) is 5.91 Å². The van der Waals surface area contributed by atoms with Crippen molar-refractivity contribution in [2.75, 3.05) is 27.9 Å². The molecule has 0 atom stereocenters. The van der Waals surface area contributed by atoms with Crippen LogP contribution >= 0.6 is 0 Å². The minimum absolute atomic E-state index is 0.206. The van der Waals surface area contributed by atoms with Gasteiger partial charge >= 0.3 is 0 Å². The summed E-state index contributed by atoms with van der Waals surface area (Å²) in [5.74, 6) is 6.81. The highest BCUT2D eigenvalue weighted by Crippen LogP contribution is 2.38. The number of hydrogen-bond acceptors (Lipinski definition) is 4. The molecule has 0 saturated carbocycles. The molecule has 0 unspecified atom stereocenters. The Bertz CT molecular complexity index is 503. The fourth-order valence-corrected chi connectivity index (χ4v) is 1.68.